The number of aryl methyl sites for hydroxylation is 1. The molecule has 3 aromatic rings. The van der Waals surface area contributed by atoms with E-state index in [1.54, 1.807) is 6.07 Å². The van der Waals surface area contributed by atoms with Gasteiger partial charge in [0.1, 0.15) is 5.65 Å². The lowest BCUT2D eigenvalue weighted by molar-refractivity contribution is -0.313. The van der Waals surface area contributed by atoms with Gasteiger partial charge in [-0.1, -0.05) is 31.0 Å². The fourth-order valence-corrected chi connectivity index (χ4v) is 4.01. The van der Waals surface area contributed by atoms with Crippen LogP contribution in [0.4, 0.5) is 5.69 Å². The van der Waals surface area contributed by atoms with E-state index in [0.717, 1.165) is 35.3 Å². The standard InChI is InChI=1S/C22H23N3O3/c1-14-6-5-11-25-13-19(24-20(14)25)15-7-4-8-16(12-15)23-21(26)17-9-2-3-10-18(17)22(27)28/h4-8,11-13,17-18H,2-3,9-10H2,1H3,(H,23,26)(H,27,28)/p-1/t17-,18+/m0/s1. The molecule has 4 rings (SSSR count). The number of pyridine rings is 1. The van der Waals surface area contributed by atoms with Gasteiger partial charge in [0.25, 0.3) is 0 Å². The van der Waals surface area contributed by atoms with E-state index in [2.05, 4.69) is 5.32 Å². The maximum absolute atomic E-state index is 12.7. The number of hydrogen-bond donors (Lipinski definition) is 1. The number of rotatable bonds is 4. The number of anilines is 1. The van der Waals surface area contributed by atoms with Crippen LogP contribution in [0.25, 0.3) is 16.9 Å². The van der Waals surface area contributed by atoms with Crippen molar-refractivity contribution in [1.82, 2.24) is 9.38 Å². The maximum Gasteiger partial charge on any atom is 0.228 e. The van der Waals surface area contributed by atoms with Gasteiger partial charge in [0.05, 0.1) is 5.69 Å². The molecular weight excluding hydrogens is 354 g/mol. The Labute approximate surface area is 163 Å². The zero-order valence-corrected chi connectivity index (χ0v) is 15.7. The Balaban J connectivity index is 1.57. The van der Waals surface area contributed by atoms with Crippen LogP contribution in [0.2, 0.25) is 0 Å². The van der Waals surface area contributed by atoms with Crippen LogP contribution >= 0.6 is 0 Å². The van der Waals surface area contributed by atoms with Crippen molar-refractivity contribution in [1.29, 1.82) is 0 Å². The molecule has 28 heavy (non-hydrogen) atoms. The van der Waals surface area contributed by atoms with E-state index < -0.39 is 17.8 Å². The first kappa shape index (κ1) is 18.2. The molecular formula is C22H22N3O3-. The van der Waals surface area contributed by atoms with Crippen LogP contribution in [0.5, 0.6) is 0 Å². The number of amides is 1. The molecule has 1 N–H and O–H groups in total. The molecule has 0 bridgehead atoms. The maximum atomic E-state index is 12.7. The Morgan fingerprint density at radius 1 is 1.14 bits per heavy atom. The minimum Gasteiger partial charge on any atom is -0.550 e. The van der Waals surface area contributed by atoms with Crippen molar-refractivity contribution < 1.29 is 14.7 Å². The van der Waals surface area contributed by atoms with Crippen molar-refractivity contribution in [3.63, 3.8) is 0 Å². The summed E-state index contributed by atoms with van der Waals surface area (Å²) in [5, 5.41) is 14.3. The van der Waals surface area contributed by atoms with Crippen LogP contribution in [0, 0.1) is 18.8 Å². The van der Waals surface area contributed by atoms with Gasteiger partial charge in [-0.15, -0.1) is 0 Å². The highest BCUT2D eigenvalue weighted by Gasteiger charge is 2.31. The average Bonchev–Trinajstić information content (AvgIpc) is 3.14. The summed E-state index contributed by atoms with van der Waals surface area (Å²) in [5.41, 5.74) is 4.32. The second kappa shape index (κ2) is 7.46. The second-order valence-corrected chi connectivity index (χ2v) is 7.43. The number of fused-ring (bicyclic) bond motifs is 1. The molecule has 0 radical (unpaired) electrons. The third-order valence-electron chi connectivity index (χ3n) is 5.51. The first-order valence-electron chi connectivity index (χ1n) is 9.59. The predicted octanol–water partition coefficient (Wildman–Crippen LogP) is 2.80. The number of aromatic nitrogens is 2. The highest BCUT2D eigenvalue weighted by Crippen LogP contribution is 2.31. The number of carbonyl (C=O) groups is 2. The number of hydrogen-bond acceptors (Lipinski definition) is 4. The van der Waals surface area contributed by atoms with Gasteiger partial charge in [0.15, 0.2) is 0 Å². The Morgan fingerprint density at radius 3 is 2.68 bits per heavy atom. The number of carboxylic acids is 1. The molecule has 1 aliphatic rings. The van der Waals surface area contributed by atoms with Gasteiger partial charge in [-0.05, 0) is 43.5 Å². The first-order valence-corrected chi connectivity index (χ1v) is 9.59. The summed E-state index contributed by atoms with van der Waals surface area (Å²) >= 11 is 0. The molecule has 6 heteroatoms. The van der Waals surface area contributed by atoms with Crippen molar-refractivity contribution in [2.45, 2.75) is 32.6 Å². The van der Waals surface area contributed by atoms with Gasteiger partial charge >= 0.3 is 0 Å². The van der Waals surface area contributed by atoms with E-state index in [0.29, 0.717) is 18.5 Å². The molecule has 1 fully saturated rings. The number of nitrogens with zero attached hydrogens (tertiary/aromatic N) is 2. The normalized spacial score (nSPS) is 19.5. The molecule has 0 saturated heterocycles. The molecule has 6 nitrogen and oxygen atoms in total. The van der Waals surface area contributed by atoms with E-state index in [-0.39, 0.29) is 5.91 Å². The van der Waals surface area contributed by atoms with E-state index >= 15 is 0 Å². The zero-order chi connectivity index (χ0) is 19.7. The summed E-state index contributed by atoms with van der Waals surface area (Å²) in [7, 11) is 0. The molecule has 2 aromatic heterocycles. The zero-order valence-electron chi connectivity index (χ0n) is 15.7. The van der Waals surface area contributed by atoms with Crippen LogP contribution in [0.1, 0.15) is 31.2 Å². The lowest BCUT2D eigenvalue weighted by Crippen LogP contribution is -2.42. The largest absolute Gasteiger partial charge is 0.550 e. The fraction of sp³-hybridized carbons (Fsp3) is 0.318. The molecule has 0 unspecified atom stereocenters. The Bertz CT molecular complexity index is 1040. The van der Waals surface area contributed by atoms with Crippen LogP contribution in [0.15, 0.2) is 48.8 Å². The molecule has 2 atom stereocenters. The number of benzene rings is 1. The van der Waals surface area contributed by atoms with Crippen molar-refractivity contribution in [3.05, 3.63) is 54.4 Å². The van der Waals surface area contributed by atoms with Gasteiger partial charge in [-0.25, -0.2) is 4.98 Å². The van der Waals surface area contributed by atoms with Gasteiger partial charge in [-0.3, -0.25) is 4.79 Å². The topological polar surface area (TPSA) is 86.5 Å². The first-order chi connectivity index (χ1) is 13.5. The average molecular weight is 376 g/mol. The van der Waals surface area contributed by atoms with Crippen LogP contribution in [-0.4, -0.2) is 21.3 Å². The lowest BCUT2D eigenvalue weighted by atomic mass is 9.78. The van der Waals surface area contributed by atoms with E-state index in [1.807, 2.05) is 54.0 Å². The Morgan fingerprint density at radius 2 is 1.93 bits per heavy atom. The minimum atomic E-state index is -1.13. The number of carbonyl (C=O) groups excluding carboxylic acids is 2. The van der Waals surface area contributed by atoms with E-state index in [4.69, 9.17) is 4.98 Å². The summed E-state index contributed by atoms with van der Waals surface area (Å²) in [6.45, 7) is 2.01. The summed E-state index contributed by atoms with van der Waals surface area (Å²) < 4.78 is 1.97. The SMILES string of the molecule is Cc1cccn2cc(-c3cccc(NC(=O)[C@H]4CCCC[C@H]4C(=O)[O-])c3)nc12. The van der Waals surface area contributed by atoms with Gasteiger partial charge < -0.3 is 19.6 Å². The monoisotopic (exact) mass is 376 g/mol. The molecule has 1 aromatic carbocycles. The Hall–Kier alpha value is -3.15. The summed E-state index contributed by atoms with van der Waals surface area (Å²) in [5.74, 6) is -2.64. The Kier molecular flexibility index (Phi) is 4.86. The van der Waals surface area contributed by atoms with Crippen LogP contribution < -0.4 is 10.4 Å². The van der Waals surface area contributed by atoms with Gasteiger partial charge in [0.2, 0.25) is 5.91 Å². The third-order valence-corrected chi connectivity index (χ3v) is 5.51. The molecule has 1 aliphatic carbocycles. The predicted molar refractivity (Wildman–Crippen MR) is 104 cm³/mol. The van der Waals surface area contributed by atoms with Crippen LogP contribution in [0.3, 0.4) is 0 Å². The van der Waals surface area contributed by atoms with Gasteiger partial charge in [-0.2, -0.15) is 0 Å². The van der Waals surface area contributed by atoms with Crippen LogP contribution in [-0.2, 0) is 9.59 Å². The molecule has 2 heterocycles. The number of nitrogens with one attached hydrogen (secondary N) is 1. The highest BCUT2D eigenvalue weighted by molar-refractivity contribution is 5.95. The van der Waals surface area contributed by atoms with E-state index in [1.165, 1.54) is 0 Å². The molecule has 0 aliphatic heterocycles. The lowest BCUT2D eigenvalue weighted by Gasteiger charge is -2.31. The summed E-state index contributed by atoms with van der Waals surface area (Å²) in [6.07, 6.45) is 6.68. The molecule has 1 saturated carbocycles. The van der Waals surface area contributed by atoms with Crippen molar-refractivity contribution in [2.75, 3.05) is 5.32 Å². The number of aliphatic carboxylic acids is 1. The quantitative estimate of drug-likeness (QED) is 0.759. The molecule has 0 spiro atoms. The molecule has 1 amide bonds. The van der Waals surface area contributed by atoms with E-state index in [9.17, 15) is 14.7 Å². The summed E-state index contributed by atoms with van der Waals surface area (Å²) in [6, 6.07) is 11.5. The van der Waals surface area contributed by atoms with Crippen molar-refractivity contribution >= 4 is 23.2 Å². The van der Waals surface area contributed by atoms with Crippen molar-refractivity contribution in [3.8, 4) is 11.3 Å². The summed E-state index contributed by atoms with van der Waals surface area (Å²) in [4.78, 5) is 28.8. The highest BCUT2D eigenvalue weighted by atomic mass is 16.4. The third kappa shape index (κ3) is 3.50. The number of imidazole rings is 1. The minimum absolute atomic E-state index is 0.253. The fourth-order valence-electron chi connectivity index (χ4n) is 4.01. The second-order valence-electron chi connectivity index (χ2n) is 7.43. The smallest absolute Gasteiger partial charge is 0.228 e. The number of carboxylic acid groups (broad SMARTS) is 1. The van der Waals surface area contributed by atoms with Crippen molar-refractivity contribution in [2.24, 2.45) is 11.8 Å². The van der Waals surface area contributed by atoms with Gasteiger partial charge in [0, 0.05) is 41.4 Å². The molecule has 144 valence electrons.